The highest BCUT2D eigenvalue weighted by Gasteiger charge is 2.40. The number of nitrogens with one attached hydrogen (secondary N) is 1. The summed E-state index contributed by atoms with van der Waals surface area (Å²) in [4.78, 5) is 53.1. The van der Waals surface area contributed by atoms with Gasteiger partial charge in [0.05, 0.1) is 23.3 Å². The number of rotatable bonds is 7. The van der Waals surface area contributed by atoms with Gasteiger partial charge in [-0.25, -0.2) is 4.98 Å². The number of amides is 3. The lowest BCUT2D eigenvalue weighted by molar-refractivity contribution is -0.385. The third-order valence-corrected chi connectivity index (χ3v) is 5.63. The molecule has 32 heavy (non-hydrogen) atoms. The van der Waals surface area contributed by atoms with Crippen LogP contribution in [-0.4, -0.2) is 46.2 Å². The van der Waals surface area contributed by atoms with Crippen molar-refractivity contribution in [2.24, 2.45) is 0 Å². The number of hydrogen-bond acceptors (Lipinski definition) is 8. The van der Waals surface area contributed by atoms with Gasteiger partial charge in [0.15, 0.2) is 5.13 Å². The number of fused-ring (bicyclic) bond motifs is 1. The SMILES string of the molecule is COc1ccc(-c2csc(NC(=O)CCN3C(=O)c4cccc([N+](=O)[O-])c4C3=O)n2)cc1. The molecule has 0 fully saturated rings. The molecule has 0 aliphatic carbocycles. The molecule has 0 saturated heterocycles. The molecule has 1 N–H and O–H groups in total. The summed E-state index contributed by atoms with van der Waals surface area (Å²) in [5.74, 6) is -1.15. The number of carbonyl (C=O) groups is 3. The van der Waals surface area contributed by atoms with E-state index in [9.17, 15) is 24.5 Å². The highest BCUT2D eigenvalue weighted by Crippen LogP contribution is 2.31. The molecule has 10 nitrogen and oxygen atoms in total. The first kappa shape index (κ1) is 21.1. The maximum absolute atomic E-state index is 12.6. The smallest absolute Gasteiger partial charge is 0.282 e. The van der Waals surface area contributed by atoms with Gasteiger partial charge in [-0.2, -0.15) is 0 Å². The van der Waals surface area contributed by atoms with Gasteiger partial charge >= 0.3 is 0 Å². The van der Waals surface area contributed by atoms with Gasteiger partial charge in [-0.3, -0.25) is 29.4 Å². The lowest BCUT2D eigenvalue weighted by Crippen LogP contribution is -2.33. The molecule has 162 valence electrons. The molecule has 0 spiro atoms. The molecule has 2 aromatic carbocycles. The van der Waals surface area contributed by atoms with Gasteiger partial charge < -0.3 is 10.1 Å². The number of nitrogens with zero attached hydrogens (tertiary/aromatic N) is 3. The fourth-order valence-electron chi connectivity index (χ4n) is 3.29. The van der Waals surface area contributed by atoms with E-state index in [2.05, 4.69) is 10.3 Å². The third-order valence-electron chi connectivity index (χ3n) is 4.87. The Kier molecular flexibility index (Phi) is 5.65. The van der Waals surface area contributed by atoms with Crippen molar-refractivity contribution in [1.82, 2.24) is 9.88 Å². The maximum atomic E-state index is 12.6. The Morgan fingerprint density at radius 1 is 1.19 bits per heavy atom. The summed E-state index contributed by atoms with van der Waals surface area (Å²) >= 11 is 1.24. The highest BCUT2D eigenvalue weighted by molar-refractivity contribution is 7.14. The van der Waals surface area contributed by atoms with Crippen LogP contribution in [0.2, 0.25) is 0 Å². The second-order valence-corrected chi connectivity index (χ2v) is 7.64. The zero-order chi connectivity index (χ0) is 22.8. The summed E-state index contributed by atoms with van der Waals surface area (Å²) in [5.41, 5.74) is 0.832. The largest absolute Gasteiger partial charge is 0.497 e. The van der Waals surface area contributed by atoms with Crippen LogP contribution in [0, 0.1) is 10.1 Å². The minimum Gasteiger partial charge on any atom is -0.497 e. The molecule has 0 saturated carbocycles. The predicted octanol–water partition coefficient (Wildman–Crippen LogP) is 3.35. The van der Waals surface area contributed by atoms with E-state index < -0.39 is 28.3 Å². The van der Waals surface area contributed by atoms with Crippen LogP contribution in [0.3, 0.4) is 0 Å². The van der Waals surface area contributed by atoms with E-state index in [1.165, 1.54) is 29.5 Å². The summed E-state index contributed by atoms with van der Waals surface area (Å²) in [6, 6.07) is 11.2. The van der Waals surface area contributed by atoms with Crippen LogP contribution in [0.4, 0.5) is 10.8 Å². The molecule has 0 unspecified atom stereocenters. The predicted molar refractivity (Wildman–Crippen MR) is 116 cm³/mol. The topological polar surface area (TPSA) is 132 Å². The number of nitro groups is 1. The fourth-order valence-corrected chi connectivity index (χ4v) is 4.03. The molecule has 1 aliphatic heterocycles. The second kappa shape index (κ2) is 8.55. The van der Waals surface area contributed by atoms with Crippen molar-refractivity contribution in [2.75, 3.05) is 19.0 Å². The van der Waals surface area contributed by atoms with E-state index in [0.29, 0.717) is 10.8 Å². The van der Waals surface area contributed by atoms with E-state index in [1.54, 1.807) is 24.6 Å². The van der Waals surface area contributed by atoms with Gasteiger partial charge in [-0.15, -0.1) is 11.3 Å². The number of imide groups is 1. The standard InChI is InChI=1S/C21H16N4O6S/c1-31-13-7-5-12(6-8-13)15-11-32-21(22-15)23-17(26)9-10-24-19(27)14-3-2-4-16(25(29)30)18(14)20(24)28/h2-8,11H,9-10H2,1H3,(H,22,23,26). The molecule has 2 heterocycles. The monoisotopic (exact) mass is 452 g/mol. The van der Waals surface area contributed by atoms with Gasteiger partial charge in [0, 0.05) is 30.0 Å². The Morgan fingerprint density at radius 3 is 2.62 bits per heavy atom. The summed E-state index contributed by atoms with van der Waals surface area (Å²) in [5, 5.41) is 16.0. The first-order valence-corrected chi connectivity index (χ1v) is 10.3. The van der Waals surface area contributed by atoms with E-state index >= 15 is 0 Å². The van der Waals surface area contributed by atoms with Crippen molar-refractivity contribution in [3.8, 4) is 17.0 Å². The summed E-state index contributed by atoms with van der Waals surface area (Å²) in [7, 11) is 1.58. The van der Waals surface area contributed by atoms with E-state index in [4.69, 9.17) is 4.74 Å². The van der Waals surface area contributed by atoms with Crippen LogP contribution in [0.25, 0.3) is 11.3 Å². The molecule has 0 bridgehead atoms. The number of ether oxygens (including phenoxy) is 1. The minimum atomic E-state index is -0.777. The van der Waals surface area contributed by atoms with Crippen LogP contribution in [0.15, 0.2) is 47.8 Å². The molecular formula is C21H16N4O6S. The molecule has 1 aliphatic rings. The average Bonchev–Trinajstić information content (AvgIpc) is 3.35. The number of benzene rings is 2. The van der Waals surface area contributed by atoms with Crippen LogP contribution < -0.4 is 10.1 Å². The van der Waals surface area contributed by atoms with E-state index in [-0.39, 0.29) is 24.1 Å². The minimum absolute atomic E-state index is 0.0336. The number of aromatic nitrogens is 1. The first-order valence-electron chi connectivity index (χ1n) is 9.42. The molecule has 0 atom stereocenters. The van der Waals surface area contributed by atoms with Crippen molar-refractivity contribution in [1.29, 1.82) is 0 Å². The number of thiazole rings is 1. The second-order valence-electron chi connectivity index (χ2n) is 6.78. The fraction of sp³-hybridized carbons (Fsp3) is 0.143. The molecule has 4 rings (SSSR count). The van der Waals surface area contributed by atoms with Gasteiger partial charge in [-0.1, -0.05) is 6.07 Å². The van der Waals surface area contributed by atoms with Crippen molar-refractivity contribution in [3.05, 3.63) is 69.1 Å². The average molecular weight is 452 g/mol. The number of hydrogen-bond donors (Lipinski definition) is 1. The van der Waals surface area contributed by atoms with Gasteiger partial charge in [0.25, 0.3) is 17.5 Å². The Balaban J connectivity index is 1.39. The molecule has 0 radical (unpaired) electrons. The molecular weight excluding hydrogens is 436 g/mol. The molecule has 3 aromatic rings. The van der Waals surface area contributed by atoms with Crippen molar-refractivity contribution in [2.45, 2.75) is 6.42 Å². The number of carbonyl (C=O) groups excluding carboxylic acids is 3. The normalized spacial score (nSPS) is 12.6. The van der Waals surface area contributed by atoms with Crippen molar-refractivity contribution in [3.63, 3.8) is 0 Å². The van der Waals surface area contributed by atoms with E-state index in [1.807, 2.05) is 12.1 Å². The highest BCUT2D eigenvalue weighted by atomic mass is 32.1. The zero-order valence-corrected chi connectivity index (χ0v) is 17.5. The maximum Gasteiger partial charge on any atom is 0.282 e. The molecule has 11 heteroatoms. The van der Waals surface area contributed by atoms with Crippen LogP contribution in [-0.2, 0) is 4.79 Å². The molecule has 3 amide bonds. The Labute approximate surface area is 185 Å². The summed E-state index contributed by atoms with van der Waals surface area (Å²) in [6.07, 6.45) is -0.170. The molecule has 1 aromatic heterocycles. The quantitative estimate of drug-likeness (QED) is 0.330. The van der Waals surface area contributed by atoms with Crippen LogP contribution >= 0.6 is 11.3 Å². The summed E-state index contributed by atoms with van der Waals surface area (Å²) in [6.45, 7) is -0.202. The number of methoxy groups -OCH3 is 1. The Bertz CT molecular complexity index is 1240. The number of nitro benzene ring substituents is 1. The Hall–Kier alpha value is -4.12. The van der Waals surface area contributed by atoms with Crippen LogP contribution in [0.5, 0.6) is 5.75 Å². The first-order chi connectivity index (χ1) is 15.4. The van der Waals surface area contributed by atoms with Crippen molar-refractivity contribution >= 4 is 39.9 Å². The lowest BCUT2D eigenvalue weighted by atomic mass is 10.1. The third kappa shape index (κ3) is 3.93. The van der Waals surface area contributed by atoms with E-state index in [0.717, 1.165) is 16.2 Å². The lowest BCUT2D eigenvalue weighted by Gasteiger charge is -2.12. The Morgan fingerprint density at radius 2 is 1.94 bits per heavy atom. The number of anilines is 1. The van der Waals surface area contributed by atoms with Crippen molar-refractivity contribution < 1.29 is 24.0 Å². The zero-order valence-electron chi connectivity index (χ0n) is 16.7. The van der Waals surface area contributed by atoms with Crippen LogP contribution in [0.1, 0.15) is 27.1 Å². The van der Waals surface area contributed by atoms with Gasteiger partial charge in [-0.05, 0) is 30.3 Å². The van der Waals surface area contributed by atoms with Gasteiger partial charge in [0.1, 0.15) is 11.3 Å². The van der Waals surface area contributed by atoms with Gasteiger partial charge in [0.2, 0.25) is 5.91 Å². The summed E-state index contributed by atoms with van der Waals surface area (Å²) < 4.78 is 5.13.